The molecule has 0 unspecified atom stereocenters. The summed E-state index contributed by atoms with van der Waals surface area (Å²) in [6.45, 7) is 2.88. The minimum atomic E-state index is -1.25. The summed E-state index contributed by atoms with van der Waals surface area (Å²) in [5.41, 5.74) is 11.0. The smallest absolute Gasteiger partial charge is 0.252 e. The Bertz CT molecular complexity index is 1410. The topological polar surface area (TPSA) is 129 Å². The molecule has 0 fully saturated rings. The molecule has 42 heavy (non-hydrogen) atoms. The van der Waals surface area contributed by atoms with Gasteiger partial charge in [0.2, 0.25) is 5.90 Å². The monoisotopic (exact) mass is 591 g/mol. The maximum absolute atomic E-state index is 13.9. The van der Waals surface area contributed by atoms with E-state index in [0.717, 1.165) is 16.7 Å². The van der Waals surface area contributed by atoms with E-state index in [1.165, 1.54) is 12.1 Å². The molecule has 1 aliphatic rings. The molecule has 0 radical (unpaired) electrons. The molecule has 3 aromatic carbocycles. The van der Waals surface area contributed by atoms with Crippen LogP contribution in [0.3, 0.4) is 0 Å². The van der Waals surface area contributed by atoms with Crippen molar-refractivity contribution in [3.8, 4) is 5.75 Å². The van der Waals surface area contributed by atoms with E-state index in [0.29, 0.717) is 48.3 Å². The number of carbonyl (C=O) groups is 1. The van der Waals surface area contributed by atoms with E-state index in [-0.39, 0.29) is 31.3 Å². The number of rotatable bonds is 15. The van der Waals surface area contributed by atoms with Crippen LogP contribution in [0.25, 0.3) is 10.4 Å². The molecule has 2 N–H and O–H groups in total. The quantitative estimate of drug-likeness (QED) is 0.103. The van der Waals surface area contributed by atoms with Crippen LogP contribution < -0.4 is 10.1 Å². The average Bonchev–Trinajstić information content (AvgIpc) is 3.34. The average molecular weight is 592 g/mol. The van der Waals surface area contributed by atoms with Gasteiger partial charge in [-0.05, 0) is 65.5 Å². The highest BCUT2D eigenvalue weighted by atomic mass is 32.2. The van der Waals surface area contributed by atoms with Gasteiger partial charge in [0.05, 0.1) is 13.2 Å². The summed E-state index contributed by atoms with van der Waals surface area (Å²) in [5, 5.41) is 15.8. The van der Waals surface area contributed by atoms with Crippen molar-refractivity contribution >= 4 is 23.6 Å². The number of ether oxygens (including phenoxy) is 2. The molecule has 9 nitrogen and oxygen atoms in total. The molecule has 0 spiro atoms. The lowest BCUT2D eigenvalue weighted by Crippen LogP contribution is -2.53. The van der Waals surface area contributed by atoms with Gasteiger partial charge in [-0.1, -0.05) is 41.5 Å². The normalized spacial score (nSPS) is 17.6. The summed E-state index contributed by atoms with van der Waals surface area (Å²) in [7, 11) is 0. The van der Waals surface area contributed by atoms with Gasteiger partial charge in [-0.3, -0.25) is 4.79 Å². The lowest BCUT2D eigenvalue weighted by molar-refractivity contribution is -0.128. The molecular weight excluding hydrogens is 557 g/mol. The summed E-state index contributed by atoms with van der Waals surface area (Å²) in [6, 6.07) is 21.2. The minimum Gasteiger partial charge on any atom is -0.494 e. The van der Waals surface area contributed by atoms with Crippen molar-refractivity contribution < 1.29 is 23.8 Å². The first-order chi connectivity index (χ1) is 20.4. The molecule has 4 rings (SSSR count). The molecule has 3 aromatic rings. The van der Waals surface area contributed by atoms with Crippen LogP contribution in [0.15, 0.2) is 82.9 Å². The van der Waals surface area contributed by atoms with Gasteiger partial charge in [0, 0.05) is 48.0 Å². The third-order valence-corrected chi connectivity index (χ3v) is 7.95. The number of halogens is 1. The second kappa shape index (κ2) is 15.3. The van der Waals surface area contributed by atoms with E-state index in [1.54, 1.807) is 36.0 Å². The minimum absolute atomic E-state index is 0.0592. The highest BCUT2D eigenvalue weighted by Crippen LogP contribution is 2.34. The van der Waals surface area contributed by atoms with Gasteiger partial charge < -0.3 is 19.9 Å². The predicted octanol–water partition coefficient (Wildman–Crippen LogP) is 5.59. The van der Waals surface area contributed by atoms with E-state index >= 15 is 0 Å². The fourth-order valence-electron chi connectivity index (χ4n) is 4.59. The van der Waals surface area contributed by atoms with Crippen LogP contribution in [-0.4, -0.2) is 54.1 Å². The number of amides is 1. The largest absolute Gasteiger partial charge is 0.494 e. The molecule has 11 heteroatoms. The zero-order chi connectivity index (χ0) is 29.8. The van der Waals surface area contributed by atoms with Crippen molar-refractivity contribution in [2.45, 2.75) is 43.7 Å². The van der Waals surface area contributed by atoms with Crippen molar-refractivity contribution in [1.29, 1.82) is 0 Å². The molecular formula is C31H34FN5O4S. The Morgan fingerprint density at radius 1 is 1.17 bits per heavy atom. The van der Waals surface area contributed by atoms with Gasteiger partial charge in [-0.25, -0.2) is 9.38 Å². The lowest BCUT2D eigenvalue weighted by atomic mass is 9.84. The molecule has 1 amide bonds. The number of aliphatic imine (C=N–C) groups is 1. The van der Waals surface area contributed by atoms with Gasteiger partial charge in [-0.15, -0.1) is 0 Å². The number of hydrogen-bond donors (Lipinski definition) is 2. The van der Waals surface area contributed by atoms with Gasteiger partial charge in [0.25, 0.3) is 5.91 Å². The number of benzene rings is 3. The van der Waals surface area contributed by atoms with Crippen LogP contribution in [0.2, 0.25) is 0 Å². The fraction of sp³-hybridized carbons (Fsp3) is 0.355. The van der Waals surface area contributed by atoms with E-state index < -0.39 is 11.6 Å². The SMILES string of the molecule is C[C@H]1OC(c2ccc(OCCCO)cc2)=N[C@@]1(Cc1ccccc1CN=[N+]=[N-])C(=O)NCCSCc1ccc(F)cc1. The Labute approximate surface area is 248 Å². The Hall–Kier alpha value is -4.05. The zero-order valence-corrected chi connectivity index (χ0v) is 24.2. The Kier molecular flexibility index (Phi) is 11.2. The molecule has 0 aromatic heterocycles. The van der Waals surface area contributed by atoms with Crippen LogP contribution >= 0.6 is 11.8 Å². The third kappa shape index (κ3) is 8.03. The van der Waals surface area contributed by atoms with Crippen LogP contribution in [0, 0.1) is 5.82 Å². The molecule has 1 aliphatic heterocycles. The first-order valence-corrected chi connectivity index (χ1v) is 14.9. The lowest BCUT2D eigenvalue weighted by Gasteiger charge is -2.29. The van der Waals surface area contributed by atoms with Crippen LogP contribution in [0.1, 0.15) is 35.6 Å². The van der Waals surface area contributed by atoms with Crippen molar-refractivity contribution in [2.24, 2.45) is 10.1 Å². The van der Waals surface area contributed by atoms with Crippen molar-refractivity contribution in [1.82, 2.24) is 5.32 Å². The van der Waals surface area contributed by atoms with E-state index in [4.69, 9.17) is 25.1 Å². The Balaban J connectivity index is 1.52. The first-order valence-electron chi connectivity index (χ1n) is 13.7. The number of nitrogens with zero attached hydrogens (tertiary/aromatic N) is 4. The molecule has 0 bridgehead atoms. The Morgan fingerprint density at radius 3 is 2.62 bits per heavy atom. The fourth-order valence-corrected chi connectivity index (χ4v) is 5.40. The highest BCUT2D eigenvalue weighted by molar-refractivity contribution is 7.98. The molecule has 220 valence electrons. The third-order valence-electron chi connectivity index (χ3n) is 6.92. The van der Waals surface area contributed by atoms with Gasteiger partial charge >= 0.3 is 0 Å². The Morgan fingerprint density at radius 2 is 1.90 bits per heavy atom. The van der Waals surface area contributed by atoms with E-state index in [2.05, 4.69) is 15.3 Å². The van der Waals surface area contributed by atoms with Crippen molar-refractivity contribution in [2.75, 3.05) is 25.5 Å². The second-order valence-corrected chi connectivity index (χ2v) is 10.9. The maximum atomic E-state index is 13.9. The standard InChI is InChI=1S/C31H34FN5O4S/c1-22-31(19-25-5-2-3-6-26(25)20-35-37-33,30(39)34-15-18-42-21-23-7-11-27(32)12-8-23)36-29(41-22)24-9-13-28(14-10-24)40-17-4-16-38/h2-3,5-14,22,38H,4,15-21H2,1H3,(H,34,39)/t22-,31-/m1/s1. The number of thioether (sulfide) groups is 1. The summed E-state index contributed by atoms with van der Waals surface area (Å²) in [4.78, 5) is 21.7. The van der Waals surface area contributed by atoms with E-state index in [1.807, 2.05) is 43.3 Å². The van der Waals surface area contributed by atoms with Gasteiger partial charge in [-0.2, -0.15) is 11.8 Å². The van der Waals surface area contributed by atoms with Gasteiger partial charge in [0.15, 0.2) is 5.54 Å². The van der Waals surface area contributed by atoms with Crippen molar-refractivity contribution in [3.05, 3.63) is 111 Å². The zero-order valence-electron chi connectivity index (χ0n) is 23.4. The van der Waals surface area contributed by atoms with Crippen LogP contribution in [0.4, 0.5) is 4.39 Å². The van der Waals surface area contributed by atoms with E-state index in [9.17, 15) is 9.18 Å². The number of aliphatic hydroxyl groups excluding tert-OH is 1. The number of azide groups is 1. The summed E-state index contributed by atoms with van der Waals surface area (Å²) in [6.07, 6.45) is 0.219. The molecule has 2 atom stereocenters. The van der Waals surface area contributed by atoms with Crippen LogP contribution in [-0.2, 0) is 28.2 Å². The summed E-state index contributed by atoms with van der Waals surface area (Å²) < 4.78 is 25.0. The maximum Gasteiger partial charge on any atom is 0.252 e. The van der Waals surface area contributed by atoms with Crippen molar-refractivity contribution in [3.63, 3.8) is 0 Å². The summed E-state index contributed by atoms with van der Waals surface area (Å²) in [5.74, 6) is 1.87. The molecule has 0 aliphatic carbocycles. The first kappa shape index (κ1) is 30.9. The van der Waals surface area contributed by atoms with Crippen LogP contribution in [0.5, 0.6) is 5.75 Å². The second-order valence-electron chi connectivity index (χ2n) is 9.82. The number of carbonyl (C=O) groups excluding carboxylic acids is 1. The molecule has 0 saturated heterocycles. The van der Waals surface area contributed by atoms with Gasteiger partial charge in [0.1, 0.15) is 17.7 Å². The highest BCUT2D eigenvalue weighted by Gasteiger charge is 2.50. The molecule has 1 heterocycles. The number of aliphatic hydroxyl groups is 1. The molecule has 0 saturated carbocycles. The number of nitrogens with one attached hydrogen (secondary N) is 1. The predicted molar refractivity (Wildman–Crippen MR) is 162 cm³/mol. The summed E-state index contributed by atoms with van der Waals surface area (Å²) >= 11 is 1.64. The number of hydrogen-bond acceptors (Lipinski definition) is 7.